The van der Waals surface area contributed by atoms with Gasteiger partial charge in [-0.15, -0.1) is 0 Å². The van der Waals surface area contributed by atoms with E-state index in [0.29, 0.717) is 13.0 Å². The lowest BCUT2D eigenvalue weighted by molar-refractivity contribution is 0.112. The summed E-state index contributed by atoms with van der Waals surface area (Å²) in [6.45, 7) is 0.703. The monoisotopic (exact) mass is 234 g/mol. The van der Waals surface area contributed by atoms with Gasteiger partial charge in [-0.2, -0.15) is 0 Å². The van der Waals surface area contributed by atoms with Gasteiger partial charge in [-0.3, -0.25) is 0 Å². The predicted molar refractivity (Wildman–Crippen MR) is 66.0 cm³/mol. The van der Waals surface area contributed by atoms with Crippen molar-refractivity contribution in [3.8, 4) is 5.75 Å². The van der Waals surface area contributed by atoms with Crippen LogP contribution in [0.25, 0.3) is 0 Å². The summed E-state index contributed by atoms with van der Waals surface area (Å²) in [6, 6.07) is 7.92. The van der Waals surface area contributed by atoms with Crippen molar-refractivity contribution in [3.63, 3.8) is 0 Å². The quantitative estimate of drug-likeness (QED) is 0.849. The van der Waals surface area contributed by atoms with Crippen molar-refractivity contribution in [3.05, 3.63) is 41.7 Å². The van der Waals surface area contributed by atoms with Gasteiger partial charge in [0, 0.05) is 6.42 Å². The number of hydrogen-bond acceptors (Lipinski definition) is 3. The van der Waals surface area contributed by atoms with Gasteiger partial charge in [0.1, 0.15) is 17.6 Å². The van der Waals surface area contributed by atoms with Gasteiger partial charge >= 0.3 is 0 Å². The summed E-state index contributed by atoms with van der Waals surface area (Å²) in [5.41, 5.74) is 1.20. The zero-order chi connectivity index (χ0) is 12.1. The minimum absolute atomic E-state index is 0.473. The first-order valence-electron chi connectivity index (χ1n) is 5.93. The van der Waals surface area contributed by atoms with Crippen molar-refractivity contribution in [1.82, 2.24) is 0 Å². The Labute approximate surface area is 102 Å². The highest BCUT2D eigenvalue weighted by Gasteiger charge is 2.15. The first-order chi connectivity index (χ1) is 8.29. The van der Waals surface area contributed by atoms with Crippen LogP contribution in [0.2, 0.25) is 0 Å². The number of methoxy groups -OCH3 is 1. The fraction of sp³-hybridized carbons (Fsp3) is 0.429. The third-order valence-corrected chi connectivity index (χ3v) is 2.93. The molecule has 0 fully saturated rings. The lowest BCUT2D eigenvalue weighted by atomic mass is 10.1. The van der Waals surface area contributed by atoms with Crippen molar-refractivity contribution < 1.29 is 14.6 Å². The van der Waals surface area contributed by atoms with Crippen molar-refractivity contribution in [1.29, 1.82) is 0 Å². The molecule has 0 spiro atoms. The number of ether oxygens (including phenoxy) is 2. The summed E-state index contributed by atoms with van der Waals surface area (Å²) in [4.78, 5) is 0. The molecule has 1 aromatic carbocycles. The number of hydrogen-bond donors (Lipinski definition) is 1. The molecule has 1 heterocycles. The second-order valence-electron chi connectivity index (χ2n) is 4.15. The van der Waals surface area contributed by atoms with Gasteiger partial charge in [0.2, 0.25) is 0 Å². The second kappa shape index (κ2) is 5.73. The van der Waals surface area contributed by atoms with E-state index in [1.807, 2.05) is 30.3 Å². The Balaban J connectivity index is 1.84. The molecule has 1 aromatic rings. The maximum Gasteiger partial charge on any atom is 0.121 e. The molecule has 0 radical (unpaired) electrons. The zero-order valence-electron chi connectivity index (χ0n) is 10.1. The third-order valence-electron chi connectivity index (χ3n) is 2.93. The number of aryl methyl sites for hydroxylation is 1. The third kappa shape index (κ3) is 3.24. The fourth-order valence-corrected chi connectivity index (χ4v) is 1.91. The molecule has 0 aromatic heterocycles. The fourth-order valence-electron chi connectivity index (χ4n) is 1.91. The Morgan fingerprint density at radius 3 is 2.71 bits per heavy atom. The van der Waals surface area contributed by atoms with E-state index in [9.17, 15) is 5.11 Å². The van der Waals surface area contributed by atoms with Gasteiger partial charge in [0.25, 0.3) is 0 Å². The molecule has 3 heteroatoms. The summed E-state index contributed by atoms with van der Waals surface area (Å²) < 4.78 is 10.4. The molecule has 1 unspecified atom stereocenters. The molecule has 17 heavy (non-hydrogen) atoms. The van der Waals surface area contributed by atoms with Gasteiger partial charge in [-0.1, -0.05) is 12.1 Å². The van der Waals surface area contributed by atoms with Gasteiger partial charge < -0.3 is 14.6 Å². The summed E-state index contributed by atoms with van der Waals surface area (Å²) in [5, 5.41) is 9.89. The largest absolute Gasteiger partial charge is 0.497 e. The topological polar surface area (TPSA) is 38.7 Å². The van der Waals surface area contributed by atoms with Gasteiger partial charge in [0.15, 0.2) is 0 Å². The van der Waals surface area contributed by atoms with E-state index in [4.69, 9.17) is 9.47 Å². The van der Waals surface area contributed by atoms with E-state index in [1.54, 1.807) is 7.11 Å². The van der Waals surface area contributed by atoms with Crippen LogP contribution in [-0.4, -0.2) is 24.9 Å². The predicted octanol–water partition coefficient (Wildman–Crippen LogP) is 2.29. The molecule has 0 saturated heterocycles. The normalized spacial score (nSPS) is 16.2. The van der Waals surface area contributed by atoms with Crippen LogP contribution >= 0.6 is 0 Å². The summed E-state index contributed by atoms with van der Waals surface area (Å²) in [7, 11) is 1.66. The number of aliphatic hydroxyl groups excluding tert-OH is 1. The van der Waals surface area contributed by atoms with Crippen LogP contribution in [0.5, 0.6) is 5.75 Å². The number of aliphatic hydroxyl groups is 1. The maximum absolute atomic E-state index is 9.89. The first-order valence-corrected chi connectivity index (χ1v) is 5.93. The van der Waals surface area contributed by atoms with Crippen molar-refractivity contribution in [2.75, 3.05) is 13.7 Å². The minimum Gasteiger partial charge on any atom is -0.497 e. The second-order valence-corrected chi connectivity index (χ2v) is 4.15. The maximum atomic E-state index is 9.89. The molecule has 1 aliphatic heterocycles. The van der Waals surface area contributed by atoms with Crippen LogP contribution < -0.4 is 4.74 Å². The highest BCUT2D eigenvalue weighted by atomic mass is 16.5. The summed E-state index contributed by atoms with van der Waals surface area (Å²) in [5.74, 6) is 1.59. The molecule has 1 atom stereocenters. The molecular weight excluding hydrogens is 216 g/mol. The molecule has 92 valence electrons. The zero-order valence-corrected chi connectivity index (χ0v) is 10.1. The Kier molecular flexibility index (Phi) is 4.04. The molecule has 2 rings (SSSR count). The van der Waals surface area contributed by atoms with Crippen LogP contribution in [0.3, 0.4) is 0 Å². The molecule has 0 amide bonds. The van der Waals surface area contributed by atoms with Gasteiger partial charge in [-0.05, 0) is 36.6 Å². The minimum atomic E-state index is -0.473. The number of benzene rings is 1. The lowest BCUT2D eigenvalue weighted by Crippen LogP contribution is -2.11. The SMILES string of the molecule is COc1ccc(CCC(O)C2=CCCO2)cc1. The molecule has 1 aliphatic rings. The number of rotatable bonds is 5. The van der Waals surface area contributed by atoms with Crippen molar-refractivity contribution >= 4 is 0 Å². The van der Waals surface area contributed by atoms with Crippen LogP contribution in [0.4, 0.5) is 0 Å². The van der Waals surface area contributed by atoms with E-state index in [1.165, 1.54) is 5.56 Å². The Hall–Kier alpha value is -1.48. The smallest absolute Gasteiger partial charge is 0.121 e. The lowest BCUT2D eigenvalue weighted by Gasteiger charge is -2.12. The molecule has 3 nitrogen and oxygen atoms in total. The highest BCUT2D eigenvalue weighted by Crippen LogP contribution is 2.18. The summed E-state index contributed by atoms with van der Waals surface area (Å²) >= 11 is 0. The Morgan fingerprint density at radius 1 is 1.35 bits per heavy atom. The molecule has 0 bridgehead atoms. The molecule has 0 aliphatic carbocycles. The highest BCUT2D eigenvalue weighted by molar-refractivity contribution is 5.27. The Bertz CT molecular complexity index is 381. The van der Waals surface area contributed by atoms with Crippen LogP contribution in [-0.2, 0) is 11.2 Å². The molecule has 0 saturated carbocycles. The van der Waals surface area contributed by atoms with E-state index < -0.39 is 6.10 Å². The van der Waals surface area contributed by atoms with Crippen LogP contribution in [0, 0.1) is 0 Å². The van der Waals surface area contributed by atoms with Crippen molar-refractivity contribution in [2.45, 2.75) is 25.4 Å². The first kappa shape index (κ1) is 12.0. The van der Waals surface area contributed by atoms with Gasteiger partial charge in [0.05, 0.1) is 13.7 Å². The van der Waals surface area contributed by atoms with Crippen molar-refractivity contribution in [2.24, 2.45) is 0 Å². The summed E-state index contributed by atoms with van der Waals surface area (Å²) in [6.07, 6.45) is 3.94. The average molecular weight is 234 g/mol. The molecular formula is C14H18O3. The van der Waals surface area contributed by atoms with E-state index in [0.717, 1.165) is 24.4 Å². The van der Waals surface area contributed by atoms with E-state index >= 15 is 0 Å². The van der Waals surface area contributed by atoms with Gasteiger partial charge in [-0.25, -0.2) is 0 Å². The van der Waals surface area contributed by atoms with Crippen LogP contribution in [0.1, 0.15) is 18.4 Å². The van der Waals surface area contributed by atoms with E-state index in [-0.39, 0.29) is 0 Å². The average Bonchev–Trinajstić information content (AvgIpc) is 2.90. The van der Waals surface area contributed by atoms with Crippen LogP contribution in [0.15, 0.2) is 36.1 Å². The Morgan fingerprint density at radius 2 is 2.12 bits per heavy atom. The van der Waals surface area contributed by atoms with E-state index in [2.05, 4.69) is 0 Å². The molecule has 1 N–H and O–H groups in total. The standard InChI is InChI=1S/C14H18O3/c1-16-12-7-4-11(5-8-12)6-9-13(15)14-3-2-10-17-14/h3-5,7-8,13,15H,2,6,9-10H2,1H3.